The van der Waals surface area contributed by atoms with Gasteiger partial charge in [-0.3, -0.25) is 20.4 Å². The Balaban J connectivity index is 2.11. The van der Waals surface area contributed by atoms with Crippen molar-refractivity contribution < 1.29 is 13.6 Å². The number of aryl methyl sites for hydroxylation is 1. The minimum atomic E-state index is -1.04. The van der Waals surface area contributed by atoms with Crippen LogP contribution in [-0.2, 0) is 7.05 Å². The summed E-state index contributed by atoms with van der Waals surface area (Å²) < 4.78 is 26.9. The molecular formula is C13H10ClF2N3O2. The molecular weight excluding hydrogens is 304 g/mol. The third-order valence-electron chi connectivity index (χ3n) is 2.64. The van der Waals surface area contributed by atoms with Crippen LogP contribution in [0.1, 0.15) is 10.4 Å². The third kappa shape index (κ3) is 3.38. The van der Waals surface area contributed by atoms with Crippen molar-refractivity contribution in [3.63, 3.8) is 0 Å². The standard InChI is InChI=1S/C13H10ClF2N3O2/c1-19-6-7(4-9(14)13(19)21)12(20)18-17-8-2-3-10(15)11(16)5-8/h2-6,17H,1H3,(H,18,20). The van der Waals surface area contributed by atoms with Gasteiger partial charge in [-0.2, -0.15) is 0 Å². The summed E-state index contributed by atoms with van der Waals surface area (Å²) in [5, 5.41) is -0.0991. The number of aromatic nitrogens is 1. The van der Waals surface area contributed by atoms with Crippen LogP contribution in [0.3, 0.4) is 0 Å². The van der Waals surface area contributed by atoms with Gasteiger partial charge in [0.05, 0.1) is 11.3 Å². The molecule has 1 aromatic heterocycles. The molecule has 2 rings (SSSR count). The zero-order valence-electron chi connectivity index (χ0n) is 10.8. The maximum absolute atomic E-state index is 13.0. The number of amides is 1. The van der Waals surface area contributed by atoms with Crippen LogP contribution < -0.4 is 16.4 Å². The van der Waals surface area contributed by atoms with Gasteiger partial charge >= 0.3 is 0 Å². The van der Waals surface area contributed by atoms with Gasteiger partial charge in [-0.15, -0.1) is 0 Å². The maximum atomic E-state index is 13.0. The van der Waals surface area contributed by atoms with Gasteiger partial charge in [0.25, 0.3) is 11.5 Å². The predicted molar refractivity (Wildman–Crippen MR) is 74.1 cm³/mol. The van der Waals surface area contributed by atoms with Crippen molar-refractivity contribution in [3.8, 4) is 0 Å². The van der Waals surface area contributed by atoms with Gasteiger partial charge in [0.2, 0.25) is 0 Å². The number of carbonyl (C=O) groups excluding carboxylic acids is 1. The second-order valence-electron chi connectivity index (χ2n) is 4.20. The Morgan fingerprint density at radius 3 is 2.57 bits per heavy atom. The van der Waals surface area contributed by atoms with Gasteiger partial charge in [0.1, 0.15) is 5.02 Å². The number of hydrogen-bond donors (Lipinski definition) is 2. The van der Waals surface area contributed by atoms with E-state index in [1.165, 1.54) is 25.4 Å². The minimum absolute atomic E-state index is 0.0991. The van der Waals surface area contributed by atoms with Crippen molar-refractivity contribution >= 4 is 23.2 Å². The van der Waals surface area contributed by atoms with Crippen LogP contribution in [0.4, 0.5) is 14.5 Å². The molecule has 0 aliphatic rings. The maximum Gasteiger partial charge on any atom is 0.271 e. The van der Waals surface area contributed by atoms with E-state index in [2.05, 4.69) is 10.9 Å². The molecule has 0 fully saturated rings. The molecule has 0 radical (unpaired) electrons. The molecule has 0 aliphatic carbocycles. The van der Waals surface area contributed by atoms with E-state index in [9.17, 15) is 18.4 Å². The zero-order valence-corrected chi connectivity index (χ0v) is 11.5. The summed E-state index contributed by atoms with van der Waals surface area (Å²) in [6.07, 6.45) is 1.30. The van der Waals surface area contributed by atoms with Gasteiger partial charge in [-0.25, -0.2) is 8.78 Å². The van der Waals surface area contributed by atoms with Crippen LogP contribution in [0.25, 0.3) is 0 Å². The van der Waals surface area contributed by atoms with E-state index >= 15 is 0 Å². The lowest BCUT2D eigenvalue weighted by Gasteiger charge is -2.09. The molecule has 5 nitrogen and oxygen atoms in total. The number of hydrogen-bond acceptors (Lipinski definition) is 3. The predicted octanol–water partition coefficient (Wildman–Crippen LogP) is 2.07. The molecule has 2 aromatic rings. The van der Waals surface area contributed by atoms with Crippen molar-refractivity contribution in [2.24, 2.45) is 7.05 Å². The van der Waals surface area contributed by atoms with Crippen molar-refractivity contribution in [3.05, 3.63) is 63.0 Å². The quantitative estimate of drug-likeness (QED) is 0.853. The molecule has 0 spiro atoms. The molecule has 0 atom stereocenters. The molecule has 0 unspecified atom stereocenters. The average molecular weight is 314 g/mol. The number of pyridine rings is 1. The van der Waals surface area contributed by atoms with Gasteiger partial charge in [-0.1, -0.05) is 11.6 Å². The number of halogens is 3. The largest absolute Gasteiger partial charge is 0.317 e. The third-order valence-corrected chi connectivity index (χ3v) is 2.91. The fourth-order valence-electron chi connectivity index (χ4n) is 1.57. The molecule has 0 saturated carbocycles. The van der Waals surface area contributed by atoms with E-state index in [1.54, 1.807) is 0 Å². The lowest BCUT2D eigenvalue weighted by Crippen LogP contribution is -2.31. The van der Waals surface area contributed by atoms with Crippen molar-refractivity contribution in [1.82, 2.24) is 9.99 Å². The topological polar surface area (TPSA) is 63.1 Å². The molecule has 2 N–H and O–H groups in total. The summed E-state index contributed by atoms with van der Waals surface area (Å²) in [5.74, 6) is -2.62. The molecule has 1 aromatic carbocycles. The fraction of sp³-hybridized carbons (Fsp3) is 0.0769. The Bertz CT molecular complexity index is 735. The molecule has 110 valence electrons. The second-order valence-corrected chi connectivity index (χ2v) is 4.61. The monoisotopic (exact) mass is 313 g/mol. The first-order valence-corrected chi connectivity index (χ1v) is 6.14. The molecule has 0 aliphatic heterocycles. The number of nitrogens with zero attached hydrogens (tertiary/aromatic N) is 1. The molecule has 0 bridgehead atoms. The lowest BCUT2D eigenvalue weighted by atomic mass is 10.2. The van der Waals surface area contributed by atoms with Crippen LogP contribution in [-0.4, -0.2) is 10.5 Å². The molecule has 1 heterocycles. The zero-order chi connectivity index (χ0) is 15.6. The van der Waals surface area contributed by atoms with E-state index < -0.39 is 23.1 Å². The summed E-state index contributed by atoms with van der Waals surface area (Å²) in [6.45, 7) is 0. The Kier molecular flexibility index (Phi) is 4.23. The Morgan fingerprint density at radius 1 is 1.24 bits per heavy atom. The van der Waals surface area contributed by atoms with Crippen LogP contribution in [0.5, 0.6) is 0 Å². The lowest BCUT2D eigenvalue weighted by molar-refractivity contribution is 0.0962. The average Bonchev–Trinajstić information content (AvgIpc) is 2.45. The summed E-state index contributed by atoms with van der Waals surface area (Å²) in [6, 6.07) is 4.29. The summed E-state index contributed by atoms with van der Waals surface area (Å²) in [7, 11) is 1.45. The summed E-state index contributed by atoms with van der Waals surface area (Å²) in [5.41, 5.74) is 4.58. The van der Waals surface area contributed by atoms with Crippen LogP contribution in [0, 0.1) is 11.6 Å². The minimum Gasteiger partial charge on any atom is -0.317 e. The van der Waals surface area contributed by atoms with Gasteiger partial charge in [-0.05, 0) is 18.2 Å². The van der Waals surface area contributed by atoms with Crippen molar-refractivity contribution in [2.45, 2.75) is 0 Å². The Morgan fingerprint density at radius 2 is 1.95 bits per heavy atom. The van der Waals surface area contributed by atoms with Gasteiger partial charge < -0.3 is 4.57 Å². The number of benzene rings is 1. The number of rotatable bonds is 3. The number of hydrazine groups is 1. The highest BCUT2D eigenvalue weighted by molar-refractivity contribution is 6.30. The number of anilines is 1. The van der Waals surface area contributed by atoms with E-state index in [1.807, 2.05) is 0 Å². The van der Waals surface area contributed by atoms with Crippen LogP contribution in [0.15, 0.2) is 35.3 Å². The summed E-state index contributed by atoms with van der Waals surface area (Å²) in [4.78, 5) is 23.3. The van der Waals surface area contributed by atoms with Crippen LogP contribution in [0.2, 0.25) is 5.02 Å². The van der Waals surface area contributed by atoms with Gasteiger partial charge in [0, 0.05) is 19.3 Å². The second kappa shape index (κ2) is 5.92. The van der Waals surface area contributed by atoms with E-state index in [0.29, 0.717) is 0 Å². The van der Waals surface area contributed by atoms with Crippen LogP contribution >= 0.6 is 11.6 Å². The van der Waals surface area contributed by atoms with Gasteiger partial charge in [0.15, 0.2) is 11.6 Å². The molecule has 21 heavy (non-hydrogen) atoms. The van der Waals surface area contributed by atoms with E-state index in [-0.39, 0.29) is 16.3 Å². The van der Waals surface area contributed by atoms with E-state index in [4.69, 9.17) is 11.6 Å². The highest BCUT2D eigenvalue weighted by atomic mass is 35.5. The smallest absolute Gasteiger partial charge is 0.271 e. The first-order chi connectivity index (χ1) is 9.88. The SMILES string of the molecule is Cn1cc(C(=O)NNc2ccc(F)c(F)c2)cc(Cl)c1=O. The molecule has 8 heteroatoms. The van der Waals surface area contributed by atoms with Crippen molar-refractivity contribution in [2.75, 3.05) is 5.43 Å². The molecule has 0 saturated heterocycles. The van der Waals surface area contributed by atoms with Crippen molar-refractivity contribution in [1.29, 1.82) is 0 Å². The first-order valence-electron chi connectivity index (χ1n) is 5.76. The molecule has 1 amide bonds. The Labute approximate surface area is 123 Å². The number of carbonyl (C=O) groups is 1. The highest BCUT2D eigenvalue weighted by Crippen LogP contribution is 2.12. The Hall–Kier alpha value is -2.41. The van der Waals surface area contributed by atoms with E-state index in [0.717, 1.165) is 16.7 Å². The summed E-state index contributed by atoms with van der Waals surface area (Å²) >= 11 is 5.69. The fourth-order valence-corrected chi connectivity index (χ4v) is 1.82. The number of nitrogens with one attached hydrogen (secondary N) is 2. The highest BCUT2D eigenvalue weighted by Gasteiger charge is 2.10. The normalized spacial score (nSPS) is 10.3. The first kappa shape index (κ1) is 15.0.